The summed E-state index contributed by atoms with van der Waals surface area (Å²) >= 11 is 0. The van der Waals surface area contributed by atoms with Crippen LogP contribution in [0.5, 0.6) is 0 Å². The Morgan fingerprint density at radius 2 is 1.72 bits per heavy atom. The molecule has 1 aliphatic carbocycles. The maximum absolute atomic E-state index is 9.35. The van der Waals surface area contributed by atoms with Gasteiger partial charge in [0.25, 0.3) is 0 Å². The Morgan fingerprint density at radius 3 is 2.25 bits per heavy atom. The summed E-state index contributed by atoms with van der Waals surface area (Å²) < 4.78 is 0. The van der Waals surface area contributed by atoms with Crippen LogP contribution >= 0.6 is 0 Å². The molecule has 0 bridgehead atoms. The minimum atomic E-state index is -0.272. The van der Waals surface area contributed by atoms with E-state index in [1.807, 2.05) is 27.7 Å². The standard InChI is InChI=1S/C25H43N5.C2H6/c1-5-6-7-8-23(17-28-25(21-27)11-12-25)19-30-15-13-29(14-16-30)18-22(2)9-10-24(3,4)20-26;1-2/h9,23,28H,5-8,10-19H2,1-4H3;1-2H3/b22-9-;. The fraction of sp³-hybridized carbons (Fsp3) is 0.852. The fourth-order valence-electron chi connectivity index (χ4n) is 4.12. The van der Waals surface area contributed by atoms with E-state index in [1.165, 1.54) is 31.3 Å². The molecular formula is C27H49N5. The van der Waals surface area contributed by atoms with Crippen LogP contribution in [0.4, 0.5) is 0 Å². The van der Waals surface area contributed by atoms with Gasteiger partial charge >= 0.3 is 0 Å². The van der Waals surface area contributed by atoms with Crippen molar-refractivity contribution < 1.29 is 0 Å². The largest absolute Gasteiger partial charge is 0.300 e. The zero-order valence-electron chi connectivity index (χ0n) is 21.8. The molecule has 2 aliphatic rings. The van der Waals surface area contributed by atoms with Crippen LogP contribution in [0.25, 0.3) is 0 Å². The zero-order valence-corrected chi connectivity index (χ0v) is 21.8. The molecular weight excluding hydrogens is 394 g/mol. The molecule has 1 aliphatic heterocycles. The smallest absolute Gasteiger partial charge is 0.106 e. The van der Waals surface area contributed by atoms with Crippen molar-refractivity contribution in [1.29, 1.82) is 10.5 Å². The summed E-state index contributed by atoms with van der Waals surface area (Å²) in [4.78, 5) is 5.17. The van der Waals surface area contributed by atoms with E-state index in [-0.39, 0.29) is 11.0 Å². The van der Waals surface area contributed by atoms with Crippen LogP contribution < -0.4 is 5.32 Å². The lowest BCUT2D eigenvalue weighted by Crippen LogP contribution is -2.49. The van der Waals surface area contributed by atoms with Crippen molar-refractivity contribution in [3.05, 3.63) is 11.6 Å². The van der Waals surface area contributed by atoms with Crippen molar-refractivity contribution >= 4 is 0 Å². The SMILES string of the molecule is CC.CCCCCC(CNC1(C#N)CC1)CN1CCN(C/C(C)=C\CC(C)(C)C#N)CC1. The molecule has 2 fully saturated rings. The molecule has 0 spiro atoms. The highest BCUT2D eigenvalue weighted by Gasteiger charge is 2.43. The average molecular weight is 444 g/mol. The van der Waals surface area contributed by atoms with Gasteiger partial charge in [-0.1, -0.05) is 51.7 Å². The molecule has 0 amide bonds. The predicted octanol–water partition coefficient (Wildman–Crippen LogP) is 5.36. The first kappa shape index (κ1) is 28.6. The monoisotopic (exact) mass is 443 g/mol. The first-order chi connectivity index (χ1) is 15.3. The highest BCUT2D eigenvalue weighted by molar-refractivity contribution is 5.18. The lowest BCUT2D eigenvalue weighted by molar-refractivity contribution is 0.121. The number of piperazine rings is 1. The van der Waals surface area contributed by atoms with Crippen LogP contribution in [0.1, 0.15) is 86.5 Å². The van der Waals surface area contributed by atoms with Gasteiger partial charge in [0.15, 0.2) is 0 Å². The third-order valence-electron chi connectivity index (χ3n) is 6.63. The van der Waals surface area contributed by atoms with Crippen molar-refractivity contribution in [3.8, 4) is 12.1 Å². The quantitative estimate of drug-likeness (QED) is 0.307. The number of hydrogen-bond acceptors (Lipinski definition) is 5. The van der Waals surface area contributed by atoms with Crippen LogP contribution in [-0.4, -0.2) is 61.2 Å². The van der Waals surface area contributed by atoms with E-state index >= 15 is 0 Å². The number of nitrogens with one attached hydrogen (secondary N) is 1. The summed E-state index contributed by atoms with van der Waals surface area (Å²) in [5.74, 6) is 0.642. The van der Waals surface area contributed by atoms with E-state index in [9.17, 15) is 10.5 Å². The van der Waals surface area contributed by atoms with Crippen molar-refractivity contribution in [3.63, 3.8) is 0 Å². The number of unbranched alkanes of at least 4 members (excludes halogenated alkanes) is 2. The molecule has 0 aromatic rings. The molecule has 1 heterocycles. The van der Waals surface area contributed by atoms with E-state index in [0.717, 1.165) is 65.1 Å². The molecule has 1 atom stereocenters. The van der Waals surface area contributed by atoms with Gasteiger partial charge in [0.05, 0.1) is 17.6 Å². The van der Waals surface area contributed by atoms with E-state index in [4.69, 9.17) is 0 Å². The van der Waals surface area contributed by atoms with E-state index in [0.29, 0.717) is 5.92 Å². The van der Waals surface area contributed by atoms with Gasteiger partial charge in [-0.3, -0.25) is 10.2 Å². The topological polar surface area (TPSA) is 66.1 Å². The average Bonchev–Trinajstić information content (AvgIpc) is 3.59. The molecule has 1 unspecified atom stereocenters. The summed E-state index contributed by atoms with van der Waals surface area (Å²) in [6.45, 7) is 20.1. The van der Waals surface area contributed by atoms with Crippen LogP contribution in [0.15, 0.2) is 11.6 Å². The Kier molecular flexibility index (Phi) is 13.1. The van der Waals surface area contributed by atoms with Gasteiger partial charge in [-0.05, 0) is 52.4 Å². The second kappa shape index (κ2) is 14.7. The van der Waals surface area contributed by atoms with Crippen LogP contribution in [0.2, 0.25) is 0 Å². The molecule has 182 valence electrons. The Morgan fingerprint density at radius 1 is 1.09 bits per heavy atom. The second-order valence-corrected chi connectivity index (χ2v) is 10.3. The van der Waals surface area contributed by atoms with Crippen molar-refractivity contribution in [2.75, 3.05) is 45.8 Å². The number of hydrogen-bond donors (Lipinski definition) is 1. The first-order valence-corrected chi connectivity index (χ1v) is 13.0. The number of allylic oxidation sites excluding steroid dienone is 1. The number of nitrogens with zero attached hydrogens (tertiary/aromatic N) is 4. The highest BCUT2D eigenvalue weighted by atomic mass is 15.3. The van der Waals surface area contributed by atoms with Gasteiger partial charge in [0.2, 0.25) is 0 Å². The summed E-state index contributed by atoms with van der Waals surface area (Å²) in [7, 11) is 0. The summed E-state index contributed by atoms with van der Waals surface area (Å²) in [5, 5.41) is 22.1. The van der Waals surface area contributed by atoms with Gasteiger partial charge < -0.3 is 4.90 Å². The third-order valence-corrected chi connectivity index (χ3v) is 6.63. The maximum Gasteiger partial charge on any atom is 0.106 e. The van der Waals surface area contributed by atoms with Crippen molar-refractivity contribution in [2.45, 2.75) is 92.0 Å². The minimum Gasteiger partial charge on any atom is -0.300 e. The van der Waals surface area contributed by atoms with Gasteiger partial charge in [0.1, 0.15) is 5.54 Å². The summed E-state index contributed by atoms with van der Waals surface area (Å²) in [6.07, 6.45) is 10.2. The van der Waals surface area contributed by atoms with E-state index in [2.05, 4.69) is 47.2 Å². The molecule has 0 aromatic heterocycles. The first-order valence-electron chi connectivity index (χ1n) is 13.0. The molecule has 0 radical (unpaired) electrons. The summed E-state index contributed by atoms with van der Waals surface area (Å²) in [6, 6.07) is 4.85. The van der Waals surface area contributed by atoms with Crippen LogP contribution in [0, 0.1) is 34.0 Å². The van der Waals surface area contributed by atoms with E-state index in [1.54, 1.807) is 0 Å². The Labute approximate surface area is 198 Å². The molecule has 5 nitrogen and oxygen atoms in total. The molecule has 0 aromatic carbocycles. The van der Waals surface area contributed by atoms with Gasteiger partial charge in [-0.25, -0.2) is 0 Å². The van der Waals surface area contributed by atoms with Gasteiger partial charge in [0, 0.05) is 45.8 Å². The molecule has 32 heavy (non-hydrogen) atoms. The third kappa shape index (κ3) is 11.0. The summed E-state index contributed by atoms with van der Waals surface area (Å²) in [5.41, 5.74) is 0.900. The molecule has 5 heteroatoms. The Bertz CT molecular complexity index is 627. The van der Waals surface area contributed by atoms with Crippen molar-refractivity contribution in [2.24, 2.45) is 11.3 Å². The predicted molar refractivity (Wildman–Crippen MR) is 135 cm³/mol. The maximum atomic E-state index is 9.35. The van der Waals surface area contributed by atoms with Crippen molar-refractivity contribution in [1.82, 2.24) is 15.1 Å². The molecule has 1 saturated heterocycles. The molecule has 2 rings (SSSR count). The van der Waals surface area contributed by atoms with Gasteiger partial charge in [-0.15, -0.1) is 0 Å². The Balaban J connectivity index is 0.00000249. The minimum absolute atomic E-state index is 0.203. The molecule has 1 saturated carbocycles. The lowest BCUT2D eigenvalue weighted by atomic mass is 9.90. The number of rotatable bonds is 13. The van der Waals surface area contributed by atoms with E-state index < -0.39 is 0 Å². The van der Waals surface area contributed by atoms with Crippen LogP contribution in [-0.2, 0) is 0 Å². The van der Waals surface area contributed by atoms with Crippen LogP contribution in [0.3, 0.4) is 0 Å². The highest BCUT2D eigenvalue weighted by Crippen LogP contribution is 2.34. The normalized spacial score (nSPS) is 19.9. The number of nitriles is 2. The lowest BCUT2D eigenvalue weighted by Gasteiger charge is -2.37. The zero-order chi connectivity index (χ0) is 24.0. The van der Waals surface area contributed by atoms with Gasteiger partial charge in [-0.2, -0.15) is 10.5 Å². The Hall–Kier alpha value is -1.40. The second-order valence-electron chi connectivity index (χ2n) is 10.3. The molecule has 1 N–H and O–H groups in total. The fourth-order valence-corrected chi connectivity index (χ4v) is 4.12.